The molecule has 168 valence electrons. The molecule has 0 fully saturated rings. The van der Waals surface area contributed by atoms with E-state index in [0.717, 1.165) is 40.1 Å². The van der Waals surface area contributed by atoms with Crippen molar-refractivity contribution in [1.29, 1.82) is 0 Å². The van der Waals surface area contributed by atoms with Crippen LogP contribution in [0.15, 0.2) is 72.8 Å². The molecule has 0 bridgehead atoms. The molecule has 1 aliphatic carbocycles. The minimum Gasteiger partial charge on any atom is -0.508 e. The van der Waals surface area contributed by atoms with Gasteiger partial charge in [0.05, 0.1) is 17.8 Å². The number of nitrogens with one attached hydrogen (secondary N) is 1. The molecule has 0 aliphatic heterocycles. The van der Waals surface area contributed by atoms with Gasteiger partial charge in [0.15, 0.2) is 5.82 Å². The number of halogens is 1. The second-order valence-electron chi connectivity index (χ2n) is 8.19. The van der Waals surface area contributed by atoms with Crippen LogP contribution in [0.25, 0.3) is 23.4 Å². The Labute approximate surface area is 202 Å². The minimum absolute atomic E-state index is 0.174. The Morgan fingerprint density at radius 2 is 1.76 bits per heavy atom. The lowest BCUT2D eigenvalue weighted by Crippen LogP contribution is -2.19. The van der Waals surface area contributed by atoms with Gasteiger partial charge in [0.1, 0.15) is 11.4 Å². The fourth-order valence-corrected chi connectivity index (χ4v) is 4.18. The summed E-state index contributed by atoms with van der Waals surface area (Å²) in [6.07, 6.45) is 5.46. The zero-order chi connectivity index (χ0) is 23.5. The number of carbonyl (C=O) groups excluding carboxylic acids is 1. The van der Waals surface area contributed by atoms with Crippen LogP contribution in [0.2, 0.25) is 5.02 Å². The van der Waals surface area contributed by atoms with E-state index in [-0.39, 0.29) is 18.1 Å². The van der Waals surface area contributed by atoms with Gasteiger partial charge in [-0.15, -0.1) is 0 Å². The monoisotopic (exact) mass is 467 g/mol. The van der Waals surface area contributed by atoms with Gasteiger partial charge in [-0.2, -0.15) is 0 Å². The van der Waals surface area contributed by atoms with Crippen LogP contribution >= 0.6 is 11.6 Å². The molecular formula is C28H22ClN3O2. The molecule has 0 saturated heterocycles. The third-order valence-electron chi connectivity index (χ3n) is 5.74. The molecule has 1 aliphatic rings. The van der Waals surface area contributed by atoms with Crippen molar-refractivity contribution in [3.8, 4) is 17.0 Å². The average molecular weight is 468 g/mol. The van der Waals surface area contributed by atoms with E-state index in [9.17, 15) is 9.90 Å². The van der Waals surface area contributed by atoms with Crippen LogP contribution in [0, 0.1) is 0 Å². The molecule has 1 amide bonds. The molecule has 4 aromatic rings. The van der Waals surface area contributed by atoms with E-state index in [1.807, 2.05) is 60.7 Å². The number of hydrogen-bond donors (Lipinski definition) is 2. The lowest BCUT2D eigenvalue weighted by molar-refractivity contribution is -0.115. The molecule has 6 heteroatoms. The summed E-state index contributed by atoms with van der Waals surface area (Å²) in [6, 6.07) is 22.4. The number of rotatable bonds is 5. The molecule has 0 saturated carbocycles. The first-order valence-corrected chi connectivity index (χ1v) is 11.4. The highest BCUT2D eigenvalue weighted by atomic mass is 35.5. The van der Waals surface area contributed by atoms with Crippen molar-refractivity contribution in [3.63, 3.8) is 0 Å². The minimum atomic E-state index is -0.174. The third kappa shape index (κ3) is 4.85. The lowest BCUT2D eigenvalue weighted by Gasteiger charge is -2.20. The molecule has 5 nitrogen and oxygen atoms in total. The Hall–Kier alpha value is -3.96. The summed E-state index contributed by atoms with van der Waals surface area (Å²) < 4.78 is 0. The maximum atomic E-state index is 12.8. The Balaban J connectivity index is 1.50. The highest BCUT2D eigenvalue weighted by Crippen LogP contribution is 2.35. The number of carbonyl (C=O) groups is 1. The van der Waals surface area contributed by atoms with Crippen LogP contribution in [0.1, 0.15) is 28.1 Å². The Bertz CT molecular complexity index is 1380. The van der Waals surface area contributed by atoms with E-state index >= 15 is 0 Å². The third-order valence-corrected chi connectivity index (χ3v) is 5.99. The van der Waals surface area contributed by atoms with Crippen LogP contribution in [0.5, 0.6) is 5.75 Å². The number of phenols is 1. The number of fused-ring (bicyclic) bond motifs is 3. The van der Waals surface area contributed by atoms with Crippen molar-refractivity contribution in [2.45, 2.75) is 19.3 Å². The van der Waals surface area contributed by atoms with E-state index in [1.54, 1.807) is 24.3 Å². The van der Waals surface area contributed by atoms with E-state index in [4.69, 9.17) is 21.6 Å². The topological polar surface area (TPSA) is 75.1 Å². The second-order valence-corrected chi connectivity index (χ2v) is 8.63. The number of phenolic OH excluding ortho intramolecular Hbond substituents is 1. The van der Waals surface area contributed by atoms with Crippen LogP contribution < -0.4 is 5.32 Å². The number of aromatic hydroxyl groups is 1. The van der Waals surface area contributed by atoms with E-state index in [1.165, 1.54) is 0 Å². The predicted molar refractivity (Wildman–Crippen MR) is 136 cm³/mol. The quantitative estimate of drug-likeness (QED) is 0.380. The van der Waals surface area contributed by atoms with Gasteiger partial charge in [-0.3, -0.25) is 4.79 Å². The number of nitrogens with zero attached hydrogens (tertiary/aromatic N) is 2. The fourth-order valence-electron chi connectivity index (χ4n) is 4.06. The van der Waals surface area contributed by atoms with Gasteiger partial charge in [0.25, 0.3) is 0 Å². The zero-order valence-electron chi connectivity index (χ0n) is 18.3. The molecule has 2 N–H and O–H groups in total. The highest BCUT2D eigenvalue weighted by molar-refractivity contribution is 6.30. The molecule has 0 atom stereocenters. The molecule has 5 rings (SSSR count). The molecule has 0 spiro atoms. The van der Waals surface area contributed by atoms with Crippen molar-refractivity contribution < 1.29 is 9.90 Å². The first-order chi connectivity index (χ1) is 16.5. The normalized spacial score (nSPS) is 12.3. The van der Waals surface area contributed by atoms with E-state index in [2.05, 4.69) is 5.32 Å². The molecule has 34 heavy (non-hydrogen) atoms. The van der Waals surface area contributed by atoms with Gasteiger partial charge in [-0.05, 0) is 65.9 Å². The van der Waals surface area contributed by atoms with Crippen molar-refractivity contribution in [2.24, 2.45) is 0 Å². The number of benzene rings is 3. The number of anilines is 1. The lowest BCUT2D eigenvalue weighted by atomic mass is 9.91. The van der Waals surface area contributed by atoms with Crippen molar-refractivity contribution in [1.82, 2.24) is 9.97 Å². The fraction of sp³-hybridized carbons (Fsp3) is 0.107. The van der Waals surface area contributed by atoms with Gasteiger partial charge in [-0.25, -0.2) is 9.97 Å². The molecule has 0 radical (unpaired) electrons. The molecule has 0 unspecified atom stereocenters. The zero-order valence-corrected chi connectivity index (χ0v) is 19.1. The first-order valence-electron chi connectivity index (χ1n) is 11.1. The van der Waals surface area contributed by atoms with Crippen molar-refractivity contribution >= 4 is 35.5 Å². The summed E-state index contributed by atoms with van der Waals surface area (Å²) in [7, 11) is 0. The summed E-state index contributed by atoms with van der Waals surface area (Å²) >= 11 is 5.96. The summed E-state index contributed by atoms with van der Waals surface area (Å²) in [4.78, 5) is 22.6. The number of aryl methyl sites for hydroxylation is 2. The summed E-state index contributed by atoms with van der Waals surface area (Å²) in [5.41, 5.74) is 6.07. The smallest absolute Gasteiger partial charge is 0.230 e. The standard InChI is InChI=1S/C28H22ClN3O2/c29-21-10-6-19(7-11-21)16-26(34)32-28-25(14-8-18-4-2-1-3-5-18)30-27-23-13-12-22(33)17-20(23)9-15-24(27)31-28/h1-8,10-14,17,33H,9,15-16H2,(H,31,32,34). The van der Waals surface area contributed by atoms with Gasteiger partial charge in [-0.1, -0.05) is 60.1 Å². The molecular weight excluding hydrogens is 446 g/mol. The number of hydrogen-bond acceptors (Lipinski definition) is 4. The maximum Gasteiger partial charge on any atom is 0.230 e. The van der Waals surface area contributed by atoms with Gasteiger partial charge >= 0.3 is 0 Å². The summed E-state index contributed by atoms with van der Waals surface area (Å²) in [6.45, 7) is 0. The highest BCUT2D eigenvalue weighted by Gasteiger charge is 2.22. The molecule has 3 aromatic carbocycles. The first kappa shape index (κ1) is 21.9. The maximum absolute atomic E-state index is 12.8. The number of aromatic nitrogens is 2. The van der Waals surface area contributed by atoms with Crippen LogP contribution in [-0.4, -0.2) is 21.0 Å². The van der Waals surface area contributed by atoms with E-state index in [0.29, 0.717) is 23.0 Å². The Morgan fingerprint density at radius 1 is 0.971 bits per heavy atom. The second kappa shape index (κ2) is 9.49. The summed E-state index contributed by atoms with van der Waals surface area (Å²) in [5.74, 6) is 0.504. The largest absolute Gasteiger partial charge is 0.508 e. The van der Waals surface area contributed by atoms with Gasteiger partial charge in [0, 0.05) is 10.6 Å². The van der Waals surface area contributed by atoms with E-state index < -0.39 is 0 Å². The van der Waals surface area contributed by atoms with Gasteiger partial charge in [0.2, 0.25) is 5.91 Å². The van der Waals surface area contributed by atoms with Crippen LogP contribution in [0.3, 0.4) is 0 Å². The predicted octanol–water partition coefficient (Wildman–Crippen LogP) is 5.95. The molecule has 1 aromatic heterocycles. The van der Waals surface area contributed by atoms with Crippen LogP contribution in [-0.2, 0) is 24.1 Å². The molecule has 1 heterocycles. The van der Waals surface area contributed by atoms with Crippen molar-refractivity contribution in [2.75, 3.05) is 5.32 Å². The Morgan fingerprint density at radius 3 is 2.56 bits per heavy atom. The van der Waals surface area contributed by atoms with Gasteiger partial charge < -0.3 is 10.4 Å². The number of amides is 1. The van der Waals surface area contributed by atoms with Crippen LogP contribution in [0.4, 0.5) is 5.82 Å². The van der Waals surface area contributed by atoms with Crippen molar-refractivity contribution in [3.05, 3.63) is 106 Å². The SMILES string of the molecule is O=C(Cc1ccc(Cl)cc1)Nc1nc2c(nc1C=Cc1ccccc1)-c1ccc(O)cc1CC2. The summed E-state index contributed by atoms with van der Waals surface area (Å²) in [5, 5.41) is 13.5. The Kier molecular flexibility index (Phi) is 6.11. The average Bonchev–Trinajstić information content (AvgIpc) is 2.84.